The van der Waals surface area contributed by atoms with E-state index in [0.717, 1.165) is 32.1 Å². The molecule has 0 aromatic heterocycles. The molecule has 5 nitrogen and oxygen atoms in total. The number of carbonyl (C=O) groups is 1. The summed E-state index contributed by atoms with van der Waals surface area (Å²) in [4.78, 5) is 12.3. The number of carbonyl (C=O) groups excluding carboxylic acids is 1. The smallest absolute Gasteiger partial charge is 0.255 e. The molecule has 7 heteroatoms. The van der Waals surface area contributed by atoms with E-state index in [0.29, 0.717) is 11.3 Å². The molecule has 0 saturated heterocycles. The van der Waals surface area contributed by atoms with Crippen molar-refractivity contribution in [3.8, 4) is 0 Å². The molecule has 0 aliphatic heterocycles. The van der Waals surface area contributed by atoms with Crippen LogP contribution in [0.5, 0.6) is 0 Å². The lowest BCUT2D eigenvalue weighted by Crippen LogP contribution is -2.36. The van der Waals surface area contributed by atoms with Crippen LogP contribution in [0, 0.1) is 5.82 Å². The summed E-state index contributed by atoms with van der Waals surface area (Å²) in [6.45, 7) is 0. The number of halogens is 1. The summed E-state index contributed by atoms with van der Waals surface area (Å²) in [7, 11) is -3.57. The van der Waals surface area contributed by atoms with Crippen LogP contribution in [-0.4, -0.2) is 20.4 Å². The predicted octanol–water partition coefficient (Wildman–Crippen LogP) is 3.69. The standard InChI is InChI=1S/C19H21FN2O3S/c20-15-8-6-14(7-9-15)19(23)21-16-10-12-18(13-11-16)26(24,25)22-17-4-2-1-3-5-17/h6-13,17,22H,1-5H2,(H,21,23). The number of hydrogen-bond donors (Lipinski definition) is 2. The third-order valence-corrected chi connectivity index (χ3v) is 5.99. The molecule has 1 aliphatic carbocycles. The molecule has 0 atom stereocenters. The van der Waals surface area contributed by atoms with Crippen LogP contribution >= 0.6 is 0 Å². The van der Waals surface area contributed by atoms with Crippen LogP contribution in [0.3, 0.4) is 0 Å². The summed E-state index contributed by atoms with van der Waals surface area (Å²) in [5, 5.41) is 2.66. The van der Waals surface area contributed by atoms with Gasteiger partial charge in [-0.3, -0.25) is 4.79 Å². The highest BCUT2D eigenvalue weighted by molar-refractivity contribution is 7.89. The average molecular weight is 376 g/mol. The highest BCUT2D eigenvalue weighted by Crippen LogP contribution is 2.21. The first-order valence-corrected chi connectivity index (χ1v) is 10.1. The van der Waals surface area contributed by atoms with Gasteiger partial charge in [-0.25, -0.2) is 17.5 Å². The first kappa shape index (κ1) is 18.5. The first-order valence-electron chi connectivity index (χ1n) is 8.63. The van der Waals surface area contributed by atoms with Crippen LogP contribution in [0.15, 0.2) is 53.4 Å². The molecule has 138 valence electrons. The normalized spacial score (nSPS) is 15.6. The van der Waals surface area contributed by atoms with Gasteiger partial charge in [-0.2, -0.15) is 0 Å². The molecule has 0 bridgehead atoms. The van der Waals surface area contributed by atoms with E-state index >= 15 is 0 Å². The molecule has 1 amide bonds. The number of benzene rings is 2. The number of anilines is 1. The van der Waals surface area contributed by atoms with Gasteiger partial charge in [0.2, 0.25) is 10.0 Å². The lowest BCUT2D eigenvalue weighted by Gasteiger charge is -2.22. The molecule has 1 saturated carbocycles. The molecule has 0 radical (unpaired) electrons. The number of nitrogens with one attached hydrogen (secondary N) is 2. The predicted molar refractivity (Wildman–Crippen MR) is 98.0 cm³/mol. The summed E-state index contributed by atoms with van der Waals surface area (Å²) in [6, 6.07) is 11.2. The van der Waals surface area contributed by atoms with E-state index < -0.39 is 15.8 Å². The molecule has 1 fully saturated rings. The largest absolute Gasteiger partial charge is 0.322 e. The number of rotatable bonds is 5. The van der Waals surface area contributed by atoms with Gasteiger partial charge in [0, 0.05) is 17.3 Å². The quantitative estimate of drug-likeness (QED) is 0.836. The van der Waals surface area contributed by atoms with Crippen molar-refractivity contribution in [3.63, 3.8) is 0 Å². The molecule has 1 aliphatic rings. The van der Waals surface area contributed by atoms with E-state index in [1.165, 1.54) is 48.5 Å². The van der Waals surface area contributed by atoms with Crippen LogP contribution in [0.1, 0.15) is 42.5 Å². The van der Waals surface area contributed by atoms with Crippen molar-refractivity contribution in [1.82, 2.24) is 4.72 Å². The third kappa shape index (κ3) is 4.68. The molecule has 0 unspecified atom stereocenters. The Hall–Kier alpha value is -2.25. The summed E-state index contributed by atoms with van der Waals surface area (Å²) >= 11 is 0. The van der Waals surface area contributed by atoms with E-state index in [1.807, 2.05) is 0 Å². The van der Waals surface area contributed by atoms with Gasteiger partial charge in [-0.15, -0.1) is 0 Å². The zero-order valence-corrected chi connectivity index (χ0v) is 15.1. The Balaban J connectivity index is 1.65. The maximum Gasteiger partial charge on any atom is 0.255 e. The van der Waals surface area contributed by atoms with Crippen molar-refractivity contribution >= 4 is 21.6 Å². The van der Waals surface area contributed by atoms with Crippen LogP contribution in [0.2, 0.25) is 0 Å². The molecule has 2 N–H and O–H groups in total. The van der Waals surface area contributed by atoms with Gasteiger partial charge in [0.15, 0.2) is 0 Å². The minimum absolute atomic E-state index is 0.00777. The Kier molecular flexibility index (Phi) is 5.68. The van der Waals surface area contributed by atoms with E-state index in [9.17, 15) is 17.6 Å². The minimum Gasteiger partial charge on any atom is -0.322 e. The topological polar surface area (TPSA) is 75.3 Å². The van der Waals surface area contributed by atoms with Crippen LogP contribution in [0.25, 0.3) is 0 Å². The molecule has 3 rings (SSSR count). The van der Waals surface area contributed by atoms with Crippen molar-refractivity contribution in [2.75, 3.05) is 5.32 Å². The van der Waals surface area contributed by atoms with Gasteiger partial charge < -0.3 is 5.32 Å². The monoisotopic (exact) mass is 376 g/mol. The van der Waals surface area contributed by atoms with Crippen molar-refractivity contribution in [3.05, 3.63) is 59.9 Å². The second kappa shape index (κ2) is 7.97. The van der Waals surface area contributed by atoms with E-state index in [1.54, 1.807) is 0 Å². The fraction of sp³-hybridized carbons (Fsp3) is 0.316. The molecule has 2 aromatic rings. The van der Waals surface area contributed by atoms with Crippen molar-refractivity contribution < 1.29 is 17.6 Å². The lowest BCUT2D eigenvalue weighted by molar-refractivity contribution is 0.102. The van der Waals surface area contributed by atoms with Crippen molar-refractivity contribution in [2.45, 2.75) is 43.0 Å². The molecule has 0 spiro atoms. The Labute approximate surface area is 152 Å². The van der Waals surface area contributed by atoms with E-state index in [-0.39, 0.29) is 16.8 Å². The fourth-order valence-corrected chi connectivity index (χ4v) is 4.33. The molecular weight excluding hydrogens is 355 g/mol. The van der Waals surface area contributed by atoms with Gasteiger partial charge in [-0.05, 0) is 61.4 Å². The average Bonchev–Trinajstić information content (AvgIpc) is 2.63. The summed E-state index contributed by atoms with van der Waals surface area (Å²) in [5.41, 5.74) is 0.790. The molecule has 0 heterocycles. The highest BCUT2D eigenvalue weighted by atomic mass is 32.2. The van der Waals surface area contributed by atoms with Gasteiger partial charge in [0.05, 0.1) is 4.90 Å². The van der Waals surface area contributed by atoms with Gasteiger partial charge in [-0.1, -0.05) is 19.3 Å². The van der Waals surface area contributed by atoms with Crippen molar-refractivity contribution in [2.24, 2.45) is 0 Å². The molecule has 26 heavy (non-hydrogen) atoms. The Morgan fingerprint density at radius 1 is 0.923 bits per heavy atom. The van der Waals surface area contributed by atoms with Crippen LogP contribution < -0.4 is 10.0 Å². The minimum atomic E-state index is -3.57. The van der Waals surface area contributed by atoms with Crippen molar-refractivity contribution in [1.29, 1.82) is 0 Å². The molecule has 2 aromatic carbocycles. The second-order valence-electron chi connectivity index (χ2n) is 6.44. The zero-order chi connectivity index (χ0) is 18.6. The number of hydrogen-bond acceptors (Lipinski definition) is 3. The lowest BCUT2D eigenvalue weighted by atomic mass is 9.96. The summed E-state index contributed by atoms with van der Waals surface area (Å²) < 4.78 is 40.6. The maximum atomic E-state index is 12.9. The van der Waals surface area contributed by atoms with Gasteiger partial charge >= 0.3 is 0 Å². The SMILES string of the molecule is O=C(Nc1ccc(S(=O)(=O)NC2CCCCC2)cc1)c1ccc(F)cc1. The summed E-state index contributed by atoms with van der Waals surface area (Å²) in [6.07, 6.45) is 4.97. The Morgan fingerprint density at radius 3 is 2.15 bits per heavy atom. The summed E-state index contributed by atoms with van der Waals surface area (Å²) in [5.74, 6) is -0.803. The maximum absolute atomic E-state index is 12.9. The van der Waals surface area contributed by atoms with E-state index in [2.05, 4.69) is 10.0 Å². The van der Waals surface area contributed by atoms with Crippen LogP contribution in [-0.2, 0) is 10.0 Å². The Morgan fingerprint density at radius 2 is 1.54 bits per heavy atom. The fourth-order valence-electron chi connectivity index (χ4n) is 3.03. The van der Waals surface area contributed by atoms with E-state index in [4.69, 9.17) is 0 Å². The number of sulfonamides is 1. The highest BCUT2D eigenvalue weighted by Gasteiger charge is 2.21. The van der Waals surface area contributed by atoms with Crippen LogP contribution in [0.4, 0.5) is 10.1 Å². The van der Waals surface area contributed by atoms with Gasteiger partial charge in [0.25, 0.3) is 5.91 Å². The second-order valence-corrected chi connectivity index (χ2v) is 8.16. The third-order valence-electron chi connectivity index (χ3n) is 4.46. The molecular formula is C19H21FN2O3S. The first-order chi connectivity index (χ1) is 12.4. The number of amides is 1. The Bertz CT molecular complexity index is 859. The van der Waals surface area contributed by atoms with Gasteiger partial charge in [0.1, 0.15) is 5.82 Å². The zero-order valence-electron chi connectivity index (χ0n) is 14.2.